The Hall–Kier alpha value is -2.17. The van der Waals surface area contributed by atoms with E-state index in [1.807, 2.05) is 0 Å². The average Bonchev–Trinajstić information content (AvgIpc) is 2.45. The normalized spacial score (nSPS) is 15.1. The number of aryl methyl sites for hydroxylation is 1. The standard InChI is InChI=1S/C15H16FNO3/c1-10(15(19)20-2)7-8-17-13-9-12(16)5-3-11(13)4-6-14(17)18/h3,5,7,9H,4,6,8H2,1-2H3. The maximum absolute atomic E-state index is 13.3. The Morgan fingerprint density at radius 1 is 1.45 bits per heavy atom. The highest BCUT2D eigenvalue weighted by atomic mass is 19.1. The zero-order chi connectivity index (χ0) is 14.7. The van der Waals surface area contributed by atoms with E-state index in [9.17, 15) is 14.0 Å². The fraction of sp³-hybridized carbons (Fsp3) is 0.333. The Balaban J connectivity index is 2.26. The molecule has 106 valence electrons. The van der Waals surface area contributed by atoms with Crippen molar-refractivity contribution in [1.29, 1.82) is 0 Å². The summed E-state index contributed by atoms with van der Waals surface area (Å²) >= 11 is 0. The van der Waals surface area contributed by atoms with Gasteiger partial charge >= 0.3 is 5.97 Å². The maximum Gasteiger partial charge on any atom is 0.333 e. The van der Waals surface area contributed by atoms with Crippen molar-refractivity contribution < 1.29 is 18.7 Å². The molecule has 0 saturated carbocycles. The van der Waals surface area contributed by atoms with Gasteiger partial charge in [0.15, 0.2) is 0 Å². The maximum atomic E-state index is 13.3. The van der Waals surface area contributed by atoms with Gasteiger partial charge in [-0.2, -0.15) is 0 Å². The van der Waals surface area contributed by atoms with Gasteiger partial charge in [0.05, 0.1) is 12.8 Å². The number of nitrogens with zero attached hydrogens (tertiary/aromatic N) is 1. The highest BCUT2D eigenvalue weighted by molar-refractivity contribution is 5.97. The van der Waals surface area contributed by atoms with Gasteiger partial charge in [-0.05, 0) is 31.0 Å². The SMILES string of the molecule is COC(=O)C(C)=CCN1C(=O)CCc2ccc(F)cc21. The summed E-state index contributed by atoms with van der Waals surface area (Å²) in [5.41, 5.74) is 1.94. The quantitative estimate of drug-likeness (QED) is 0.628. The number of rotatable bonds is 3. The first-order chi connectivity index (χ1) is 9.52. The first kappa shape index (κ1) is 14.2. The minimum Gasteiger partial charge on any atom is -0.466 e. The van der Waals surface area contributed by atoms with Crippen LogP contribution in [-0.2, 0) is 20.7 Å². The van der Waals surface area contributed by atoms with Gasteiger partial charge < -0.3 is 9.64 Å². The smallest absolute Gasteiger partial charge is 0.333 e. The molecular formula is C15H16FNO3. The van der Waals surface area contributed by atoms with Crippen LogP contribution in [0.4, 0.5) is 10.1 Å². The summed E-state index contributed by atoms with van der Waals surface area (Å²) in [5, 5.41) is 0. The third kappa shape index (κ3) is 2.87. The van der Waals surface area contributed by atoms with E-state index >= 15 is 0 Å². The van der Waals surface area contributed by atoms with Crippen LogP contribution in [0.3, 0.4) is 0 Å². The third-order valence-electron chi connectivity index (χ3n) is 3.33. The summed E-state index contributed by atoms with van der Waals surface area (Å²) in [4.78, 5) is 24.8. The van der Waals surface area contributed by atoms with Gasteiger partial charge in [0, 0.05) is 18.5 Å². The molecule has 0 radical (unpaired) electrons. The number of hydrogen-bond acceptors (Lipinski definition) is 3. The van der Waals surface area contributed by atoms with Crippen molar-refractivity contribution in [2.24, 2.45) is 0 Å². The largest absolute Gasteiger partial charge is 0.466 e. The van der Waals surface area contributed by atoms with Crippen molar-refractivity contribution in [3.8, 4) is 0 Å². The fourth-order valence-electron chi connectivity index (χ4n) is 2.18. The zero-order valence-electron chi connectivity index (χ0n) is 11.5. The van der Waals surface area contributed by atoms with Crippen molar-refractivity contribution >= 4 is 17.6 Å². The van der Waals surface area contributed by atoms with Gasteiger partial charge in [0.25, 0.3) is 0 Å². The van der Waals surface area contributed by atoms with Gasteiger partial charge in [-0.3, -0.25) is 4.79 Å². The summed E-state index contributed by atoms with van der Waals surface area (Å²) in [6.45, 7) is 1.85. The number of methoxy groups -OCH3 is 1. The number of fused-ring (bicyclic) bond motifs is 1. The second-order valence-electron chi connectivity index (χ2n) is 4.66. The predicted molar refractivity (Wildman–Crippen MR) is 72.8 cm³/mol. The number of carbonyl (C=O) groups excluding carboxylic acids is 2. The molecule has 0 spiro atoms. The van der Waals surface area contributed by atoms with Crippen LogP contribution in [-0.4, -0.2) is 25.5 Å². The second-order valence-corrected chi connectivity index (χ2v) is 4.66. The molecule has 1 heterocycles. The molecule has 0 N–H and O–H groups in total. The van der Waals surface area contributed by atoms with Gasteiger partial charge in [-0.1, -0.05) is 12.1 Å². The number of benzene rings is 1. The Morgan fingerprint density at radius 3 is 2.90 bits per heavy atom. The van der Waals surface area contributed by atoms with Crippen LogP contribution in [0.1, 0.15) is 18.9 Å². The molecule has 1 amide bonds. The molecule has 1 aromatic rings. The molecule has 2 rings (SSSR count). The van der Waals surface area contributed by atoms with Crippen LogP contribution in [0.5, 0.6) is 0 Å². The highest BCUT2D eigenvalue weighted by Crippen LogP contribution is 2.28. The van der Waals surface area contributed by atoms with Crippen molar-refractivity contribution in [1.82, 2.24) is 0 Å². The minimum absolute atomic E-state index is 0.0722. The van der Waals surface area contributed by atoms with Gasteiger partial charge in [-0.15, -0.1) is 0 Å². The van der Waals surface area contributed by atoms with Crippen LogP contribution in [0.15, 0.2) is 29.8 Å². The summed E-state index contributed by atoms with van der Waals surface area (Å²) < 4.78 is 17.9. The van der Waals surface area contributed by atoms with E-state index in [4.69, 9.17) is 0 Å². The first-order valence-corrected chi connectivity index (χ1v) is 6.37. The fourth-order valence-corrected chi connectivity index (χ4v) is 2.18. The first-order valence-electron chi connectivity index (χ1n) is 6.37. The van der Waals surface area contributed by atoms with E-state index in [1.54, 1.807) is 19.1 Å². The van der Waals surface area contributed by atoms with Crippen molar-refractivity contribution in [2.45, 2.75) is 19.8 Å². The number of ether oxygens (including phenoxy) is 1. The Morgan fingerprint density at radius 2 is 2.20 bits per heavy atom. The molecule has 0 bridgehead atoms. The molecule has 0 aliphatic carbocycles. The van der Waals surface area contributed by atoms with Crippen molar-refractivity contribution in [2.75, 3.05) is 18.6 Å². The number of anilines is 1. The lowest BCUT2D eigenvalue weighted by Crippen LogP contribution is -2.35. The van der Waals surface area contributed by atoms with E-state index < -0.39 is 5.97 Å². The van der Waals surface area contributed by atoms with E-state index in [0.29, 0.717) is 24.1 Å². The molecule has 1 aliphatic heterocycles. The molecule has 4 nitrogen and oxygen atoms in total. The number of halogens is 1. The van der Waals surface area contributed by atoms with E-state index in [-0.39, 0.29) is 18.3 Å². The summed E-state index contributed by atoms with van der Waals surface area (Å²) in [7, 11) is 1.30. The lowest BCUT2D eigenvalue weighted by atomic mass is 10.0. The Labute approximate surface area is 116 Å². The second kappa shape index (κ2) is 5.86. The summed E-state index contributed by atoms with van der Waals surface area (Å²) in [6, 6.07) is 4.44. The lowest BCUT2D eigenvalue weighted by molar-refractivity contribution is -0.136. The summed E-state index contributed by atoms with van der Waals surface area (Å²) in [5.74, 6) is -0.886. The van der Waals surface area contributed by atoms with Crippen LogP contribution in [0, 0.1) is 5.82 Å². The molecule has 0 saturated heterocycles. The Kier molecular flexibility index (Phi) is 4.17. The van der Waals surface area contributed by atoms with E-state index in [0.717, 1.165) is 5.56 Å². The van der Waals surface area contributed by atoms with Gasteiger partial charge in [-0.25, -0.2) is 9.18 Å². The molecule has 0 fully saturated rings. The van der Waals surface area contributed by atoms with Crippen molar-refractivity contribution in [3.63, 3.8) is 0 Å². The number of esters is 1. The number of amides is 1. The minimum atomic E-state index is -0.436. The molecule has 5 heteroatoms. The third-order valence-corrected chi connectivity index (χ3v) is 3.33. The van der Waals surface area contributed by atoms with Crippen LogP contribution >= 0.6 is 0 Å². The van der Waals surface area contributed by atoms with Crippen LogP contribution in [0.2, 0.25) is 0 Å². The molecular weight excluding hydrogens is 261 g/mol. The molecule has 0 aromatic heterocycles. The molecule has 0 atom stereocenters. The number of carbonyl (C=O) groups is 2. The topological polar surface area (TPSA) is 46.6 Å². The highest BCUT2D eigenvalue weighted by Gasteiger charge is 2.23. The van der Waals surface area contributed by atoms with E-state index in [2.05, 4.69) is 4.74 Å². The van der Waals surface area contributed by atoms with Crippen LogP contribution in [0.25, 0.3) is 0 Å². The molecule has 0 unspecified atom stereocenters. The summed E-state index contributed by atoms with van der Waals surface area (Å²) in [6.07, 6.45) is 2.62. The van der Waals surface area contributed by atoms with E-state index in [1.165, 1.54) is 24.1 Å². The molecule has 1 aliphatic rings. The molecule has 1 aromatic carbocycles. The average molecular weight is 277 g/mol. The van der Waals surface area contributed by atoms with Gasteiger partial charge in [0.1, 0.15) is 5.82 Å². The van der Waals surface area contributed by atoms with Crippen molar-refractivity contribution in [3.05, 3.63) is 41.2 Å². The van der Waals surface area contributed by atoms with Gasteiger partial charge in [0.2, 0.25) is 5.91 Å². The predicted octanol–water partition coefficient (Wildman–Crippen LogP) is 2.22. The van der Waals surface area contributed by atoms with Crippen LogP contribution < -0.4 is 4.90 Å². The monoisotopic (exact) mass is 277 g/mol. The number of hydrogen-bond donors (Lipinski definition) is 0. The lowest BCUT2D eigenvalue weighted by Gasteiger charge is -2.28. The zero-order valence-corrected chi connectivity index (χ0v) is 11.5. The Bertz CT molecular complexity index is 580. The molecule has 20 heavy (non-hydrogen) atoms.